The van der Waals surface area contributed by atoms with Crippen molar-refractivity contribution in [2.45, 2.75) is 26.7 Å². The summed E-state index contributed by atoms with van der Waals surface area (Å²) in [4.78, 5) is 14.4. The Hall–Kier alpha value is -1.85. The Labute approximate surface area is 141 Å². The van der Waals surface area contributed by atoms with Crippen LogP contribution in [0.25, 0.3) is 5.69 Å². The SMILES string of the molecule is CCN(CCO)C(=O)c1cnn(-c2ccc(Cl)cc2)c1C(C)C. The lowest BCUT2D eigenvalue weighted by Gasteiger charge is -2.20. The summed E-state index contributed by atoms with van der Waals surface area (Å²) in [6, 6.07) is 7.35. The molecular weight excluding hydrogens is 314 g/mol. The van der Waals surface area contributed by atoms with Crippen LogP contribution in [0, 0.1) is 0 Å². The molecule has 0 atom stereocenters. The van der Waals surface area contributed by atoms with Gasteiger partial charge in [-0.1, -0.05) is 25.4 Å². The molecule has 0 aliphatic carbocycles. The fourth-order valence-corrected chi connectivity index (χ4v) is 2.69. The first-order valence-corrected chi connectivity index (χ1v) is 8.11. The monoisotopic (exact) mass is 335 g/mol. The molecule has 124 valence electrons. The van der Waals surface area contributed by atoms with Gasteiger partial charge in [-0.3, -0.25) is 4.79 Å². The van der Waals surface area contributed by atoms with Crippen molar-refractivity contribution in [1.82, 2.24) is 14.7 Å². The molecule has 6 heteroatoms. The summed E-state index contributed by atoms with van der Waals surface area (Å²) < 4.78 is 1.78. The summed E-state index contributed by atoms with van der Waals surface area (Å²) in [7, 11) is 0. The van der Waals surface area contributed by atoms with Crippen LogP contribution in [0.5, 0.6) is 0 Å². The molecule has 1 aromatic heterocycles. The first-order chi connectivity index (χ1) is 11.0. The molecular formula is C17H22ClN3O2. The largest absolute Gasteiger partial charge is 0.395 e. The number of aliphatic hydroxyl groups is 1. The summed E-state index contributed by atoms with van der Waals surface area (Å²) in [5, 5.41) is 14.2. The fourth-order valence-electron chi connectivity index (χ4n) is 2.56. The van der Waals surface area contributed by atoms with Crippen molar-refractivity contribution in [3.8, 4) is 5.69 Å². The highest BCUT2D eigenvalue weighted by atomic mass is 35.5. The van der Waals surface area contributed by atoms with Crippen molar-refractivity contribution >= 4 is 17.5 Å². The number of aromatic nitrogens is 2. The van der Waals surface area contributed by atoms with Crippen LogP contribution in [0.4, 0.5) is 0 Å². The van der Waals surface area contributed by atoms with Crippen LogP contribution in [-0.4, -0.2) is 45.4 Å². The van der Waals surface area contributed by atoms with E-state index in [1.807, 2.05) is 32.9 Å². The lowest BCUT2D eigenvalue weighted by molar-refractivity contribution is 0.0730. The lowest BCUT2D eigenvalue weighted by Crippen LogP contribution is -2.33. The van der Waals surface area contributed by atoms with E-state index in [0.29, 0.717) is 23.7 Å². The minimum atomic E-state index is -0.106. The van der Waals surface area contributed by atoms with Gasteiger partial charge in [-0.2, -0.15) is 5.10 Å². The number of aliphatic hydroxyl groups excluding tert-OH is 1. The zero-order chi connectivity index (χ0) is 17.0. The van der Waals surface area contributed by atoms with Crippen LogP contribution < -0.4 is 0 Å². The second kappa shape index (κ2) is 7.62. The van der Waals surface area contributed by atoms with Gasteiger partial charge in [0.2, 0.25) is 0 Å². The van der Waals surface area contributed by atoms with Crippen molar-refractivity contribution in [1.29, 1.82) is 0 Å². The zero-order valence-corrected chi connectivity index (χ0v) is 14.4. The van der Waals surface area contributed by atoms with Crippen LogP contribution in [0.3, 0.4) is 0 Å². The molecule has 0 radical (unpaired) electrons. The average Bonchev–Trinajstić information content (AvgIpc) is 2.97. The Morgan fingerprint density at radius 3 is 2.52 bits per heavy atom. The second-order valence-corrected chi connectivity index (χ2v) is 6.03. The minimum Gasteiger partial charge on any atom is -0.395 e. The number of carbonyl (C=O) groups excluding carboxylic acids is 1. The molecule has 0 aliphatic rings. The van der Waals surface area contributed by atoms with Gasteiger partial charge < -0.3 is 10.0 Å². The third-order valence-electron chi connectivity index (χ3n) is 3.69. The predicted molar refractivity (Wildman–Crippen MR) is 91.3 cm³/mol. The summed E-state index contributed by atoms with van der Waals surface area (Å²) >= 11 is 5.94. The van der Waals surface area contributed by atoms with Gasteiger partial charge in [0, 0.05) is 18.1 Å². The standard InChI is InChI=1S/C17H22ClN3O2/c1-4-20(9-10-22)17(23)15-11-19-21(16(15)12(2)3)14-7-5-13(18)6-8-14/h5-8,11-12,22H,4,9-10H2,1-3H3. The number of amides is 1. The molecule has 0 unspecified atom stereocenters. The molecule has 23 heavy (non-hydrogen) atoms. The van der Waals surface area contributed by atoms with Crippen LogP contribution in [0.1, 0.15) is 42.7 Å². The summed E-state index contributed by atoms with van der Waals surface area (Å²) in [5.41, 5.74) is 2.29. The molecule has 2 rings (SSSR count). The van der Waals surface area contributed by atoms with Gasteiger partial charge in [0.1, 0.15) is 0 Å². The van der Waals surface area contributed by atoms with E-state index in [-0.39, 0.29) is 18.4 Å². The molecule has 5 nitrogen and oxygen atoms in total. The average molecular weight is 336 g/mol. The Bertz CT molecular complexity index is 665. The maximum absolute atomic E-state index is 12.7. The summed E-state index contributed by atoms with van der Waals surface area (Å²) in [6.45, 7) is 6.77. The van der Waals surface area contributed by atoms with Crippen LogP contribution >= 0.6 is 11.6 Å². The van der Waals surface area contributed by atoms with E-state index in [1.54, 1.807) is 27.9 Å². The molecule has 0 aliphatic heterocycles. The van der Waals surface area contributed by atoms with E-state index in [2.05, 4.69) is 5.10 Å². The van der Waals surface area contributed by atoms with Crippen LogP contribution in [-0.2, 0) is 0 Å². The van der Waals surface area contributed by atoms with Crippen molar-refractivity contribution in [2.24, 2.45) is 0 Å². The van der Waals surface area contributed by atoms with E-state index in [4.69, 9.17) is 16.7 Å². The van der Waals surface area contributed by atoms with E-state index >= 15 is 0 Å². The predicted octanol–water partition coefficient (Wildman–Crippen LogP) is 3.10. The Morgan fingerprint density at radius 2 is 2.00 bits per heavy atom. The number of carbonyl (C=O) groups is 1. The lowest BCUT2D eigenvalue weighted by atomic mass is 10.0. The molecule has 1 aromatic carbocycles. The molecule has 1 amide bonds. The number of hydrogen-bond donors (Lipinski definition) is 1. The second-order valence-electron chi connectivity index (χ2n) is 5.59. The Morgan fingerprint density at radius 1 is 1.35 bits per heavy atom. The van der Waals surface area contributed by atoms with E-state index in [9.17, 15) is 4.79 Å². The van der Waals surface area contributed by atoms with Gasteiger partial charge in [0.15, 0.2) is 0 Å². The van der Waals surface area contributed by atoms with Gasteiger partial charge in [0.25, 0.3) is 5.91 Å². The van der Waals surface area contributed by atoms with Crippen molar-refractivity contribution in [3.63, 3.8) is 0 Å². The highest BCUT2D eigenvalue weighted by molar-refractivity contribution is 6.30. The molecule has 0 fully saturated rings. The highest BCUT2D eigenvalue weighted by Crippen LogP contribution is 2.25. The zero-order valence-electron chi connectivity index (χ0n) is 13.7. The quantitative estimate of drug-likeness (QED) is 0.882. The number of hydrogen-bond acceptors (Lipinski definition) is 3. The molecule has 2 aromatic rings. The Kier molecular flexibility index (Phi) is 5.80. The number of benzene rings is 1. The first kappa shape index (κ1) is 17.5. The van der Waals surface area contributed by atoms with Crippen LogP contribution in [0.2, 0.25) is 5.02 Å². The first-order valence-electron chi connectivity index (χ1n) is 7.73. The van der Waals surface area contributed by atoms with Gasteiger partial charge in [-0.15, -0.1) is 0 Å². The number of rotatable bonds is 6. The maximum Gasteiger partial charge on any atom is 0.257 e. The van der Waals surface area contributed by atoms with Crippen LogP contribution in [0.15, 0.2) is 30.5 Å². The van der Waals surface area contributed by atoms with Crippen molar-refractivity contribution in [3.05, 3.63) is 46.7 Å². The van der Waals surface area contributed by atoms with Gasteiger partial charge in [0.05, 0.1) is 29.7 Å². The normalized spacial score (nSPS) is 11.0. The minimum absolute atomic E-state index is 0.0537. The molecule has 1 heterocycles. The highest BCUT2D eigenvalue weighted by Gasteiger charge is 2.24. The number of halogens is 1. The smallest absolute Gasteiger partial charge is 0.257 e. The molecule has 1 N–H and O–H groups in total. The van der Waals surface area contributed by atoms with E-state index in [1.165, 1.54) is 0 Å². The molecule has 0 saturated heterocycles. The summed E-state index contributed by atoms with van der Waals surface area (Å²) in [6.07, 6.45) is 1.60. The molecule has 0 saturated carbocycles. The van der Waals surface area contributed by atoms with E-state index < -0.39 is 0 Å². The van der Waals surface area contributed by atoms with E-state index in [0.717, 1.165) is 11.4 Å². The van der Waals surface area contributed by atoms with Crippen molar-refractivity contribution < 1.29 is 9.90 Å². The van der Waals surface area contributed by atoms with Gasteiger partial charge >= 0.3 is 0 Å². The number of nitrogens with zero attached hydrogens (tertiary/aromatic N) is 3. The van der Waals surface area contributed by atoms with Gasteiger partial charge in [-0.25, -0.2) is 4.68 Å². The Balaban J connectivity index is 2.46. The third-order valence-corrected chi connectivity index (χ3v) is 3.95. The molecule has 0 spiro atoms. The third kappa shape index (κ3) is 3.74. The van der Waals surface area contributed by atoms with Gasteiger partial charge in [-0.05, 0) is 37.1 Å². The topological polar surface area (TPSA) is 58.4 Å². The fraction of sp³-hybridized carbons (Fsp3) is 0.412. The summed E-state index contributed by atoms with van der Waals surface area (Å²) in [5.74, 6) is 0.0189. The number of likely N-dealkylation sites (N-methyl/N-ethyl adjacent to an activating group) is 1. The van der Waals surface area contributed by atoms with Crippen molar-refractivity contribution in [2.75, 3.05) is 19.7 Å². The molecule has 0 bridgehead atoms. The maximum atomic E-state index is 12.7.